The molecule has 0 fully saturated rings. The van der Waals surface area contributed by atoms with Crippen LogP contribution in [-0.4, -0.2) is 21.3 Å². The molecule has 5 nitrogen and oxygen atoms in total. The summed E-state index contributed by atoms with van der Waals surface area (Å²) in [5.41, 5.74) is 11.8. The lowest BCUT2D eigenvalue weighted by Crippen LogP contribution is -2.17. The highest BCUT2D eigenvalue weighted by Crippen LogP contribution is 2.26. The van der Waals surface area contributed by atoms with Crippen LogP contribution in [0.4, 0.5) is 0 Å². The van der Waals surface area contributed by atoms with E-state index in [0.717, 1.165) is 45.3 Å². The maximum atomic E-state index is 12.7. The Hall–Kier alpha value is -4.64. The third-order valence-corrected chi connectivity index (χ3v) is 6.39. The van der Waals surface area contributed by atoms with Gasteiger partial charge < -0.3 is 9.13 Å². The van der Waals surface area contributed by atoms with E-state index in [1.165, 1.54) is 0 Å². The highest BCUT2D eigenvalue weighted by atomic mass is 16.2. The van der Waals surface area contributed by atoms with Gasteiger partial charge >= 0.3 is 0 Å². The molecule has 0 aliphatic carbocycles. The van der Waals surface area contributed by atoms with Crippen molar-refractivity contribution in [3.8, 4) is 22.6 Å². The number of para-hydroxylation sites is 1. The highest BCUT2D eigenvalue weighted by Gasteiger charge is 2.12. The minimum atomic E-state index is -0.248. The van der Waals surface area contributed by atoms with Gasteiger partial charge in [0.2, 0.25) is 0 Å². The van der Waals surface area contributed by atoms with Crippen molar-refractivity contribution in [3.63, 3.8) is 0 Å². The summed E-state index contributed by atoms with van der Waals surface area (Å²) in [4.78, 5) is 12.7. The number of hydrogen-bond acceptors (Lipinski definition) is 2. The average molecular weight is 473 g/mol. The predicted octanol–water partition coefficient (Wildman–Crippen LogP) is 6.62. The van der Waals surface area contributed by atoms with Gasteiger partial charge in [-0.1, -0.05) is 48.5 Å². The number of aromatic nitrogens is 2. The summed E-state index contributed by atoms with van der Waals surface area (Å²) in [6.45, 7) is 6.19. The number of rotatable bonds is 6. The first kappa shape index (κ1) is 23.1. The van der Waals surface area contributed by atoms with Crippen LogP contribution in [0.1, 0.15) is 33.0 Å². The topological polar surface area (TPSA) is 51.3 Å². The van der Waals surface area contributed by atoms with Crippen molar-refractivity contribution in [2.45, 2.75) is 20.8 Å². The molecule has 1 amide bonds. The molecule has 36 heavy (non-hydrogen) atoms. The molecule has 2 aromatic heterocycles. The molecule has 5 heteroatoms. The van der Waals surface area contributed by atoms with Gasteiger partial charge in [-0.05, 0) is 80.9 Å². The lowest BCUT2D eigenvalue weighted by Gasteiger charge is -2.12. The minimum absolute atomic E-state index is 0.248. The van der Waals surface area contributed by atoms with E-state index >= 15 is 0 Å². The molecule has 0 bridgehead atoms. The van der Waals surface area contributed by atoms with Gasteiger partial charge in [0, 0.05) is 39.6 Å². The molecule has 0 unspecified atom stereocenters. The summed E-state index contributed by atoms with van der Waals surface area (Å²) in [6.07, 6.45) is 1.70. The molecule has 5 rings (SSSR count). The molecule has 0 atom stereocenters. The number of carbonyl (C=O) groups is 1. The summed E-state index contributed by atoms with van der Waals surface area (Å²) in [6, 6.07) is 34.4. The fourth-order valence-corrected chi connectivity index (χ4v) is 4.60. The van der Waals surface area contributed by atoms with Crippen molar-refractivity contribution < 1.29 is 4.79 Å². The van der Waals surface area contributed by atoms with Crippen molar-refractivity contribution in [2.24, 2.45) is 5.10 Å². The first-order chi connectivity index (χ1) is 17.5. The van der Waals surface area contributed by atoms with E-state index in [0.29, 0.717) is 5.56 Å². The van der Waals surface area contributed by atoms with Crippen LogP contribution in [-0.2, 0) is 0 Å². The van der Waals surface area contributed by atoms with E-state index in [9.17, 15) is 4.79 Å². The number of hydrazone groups is 1. The molecule has 3 aromatic carbocycles. The Balaban J connectivity index is 1.31. The van der Waals surface area contributed by atoms with Crippen molar-refractivity contribution >= 4 is 12.1 Å². The van der Waals surface area contributed by atoms with Gasteiger partial charge in [-0.15, -0.1) is 0 Å². The summed E-state index contributed by atoms with van der Waals surface area (Å²) in [5.74, 6) is -0.248. The lowest BCUT2D eigenvalue weighted by atomic mass is 10.1. The Morgan fingerprint density at radius 1 is 0.722 bits per heavy atom. The van der Waals surface area contributed by atoms with Gasteiger partial charge in [0.25, 0.3) is 5.91 Å². The van der Waals surface area contributed by atoms with Crippen molar-refractivity contribution in [1.29, 1.82) is 0 Å². The molecular formula is C31H28N4O. The summed E-state index contributed by atoms with van der Waals surface area (Å²) in [5, 5.41) is 4.22. The molecule has 1 N–H and O–H groups in total. The van der Waals surface area contributed by atoms with Crippen molar-refractivity contribution in [1.82, 2.24) is 14.6 Å². The molecule has 178 valence electrons. The maximum absolute atomic E-state index is 12.7. The number of benzene rings is 3. The third-order valence-electron chi connectivity index (χ3n) is 6.39. The monoisotopic (exact) mass is 472 g/mol. The van der Waals surface area contributed by atoms with Gasteiger partial charge in [-0.3, -0.25) is 4.79 Å². The average Bonchev–Trinajstić information content (AvgIpc) is 3.43. The molecule has 5 aromatic rings. The van der Waals surface area contributed by atoms with Crippen molar-refractivity contribution in [3.05, 3.63) is 131 Å². The number of nitrogens with one attached hydrogen (secondary N) is 1. The molecule has 0 saturated carbocycles. The van der Waals surface area contributed by atoms with E-state index in [2.05, 4.69) is 82.9 Å². The van der Waals surface area contributed by atoms with Gasteiger partial charge in [0.05, 0.1) is 11.9 Å². The second kappa shape index (κ2) is 9.92. The van der Waals surface area contributed by atoms with Crippen LogP contribution >= 0.6 is 0 Å². The number of carbonyl (C=O) groups excluding carboxylic acids is 1. The van der Waals surface area contributed by atoms with Crippen LogP contribution in [0.2, 0.25) is 0 Å². The first-order valence-corrected chi connectivity index (χ1v) is 11.9. The fraction of sp³-hybridized carbons (Fsp3) is 0.0968. The van der Waals surface area contributed by atoms with Crippen LogP contribution in [0, 0.1) is 20.8 Å². The van der Waals surface area contributed by atoms with E-state index < -0.39 is 0 Å². The number of amides is 1. The minimum Gasteiger partial charge on any atom is -0.318 e. The van der Waals surface area contributed by atoms with Gasteiger partial charge in [-0.2, -0.15) is 5.10 Å². The first-order valence-electron chi connectivity index (χ1n) is 11.9. The van der Waals surface area contributed by atoms with E-state index in [-0.39, 0.29) is 5.91 Å². The summed E-state index contributed by atoms with van der Waals surface area (Å²) >= 11 is 0. The van der Waals surface area contributed by atoms with Crippen LogP contribution in [0.25, 0.3) is 22.6 Å². The number of hydrogen-bond donors (Lipinski definition) is 1. The summed E-state index contributed by atoms with van der Waals surface area (Å²) < 4.78 is 4.37. The lowest BCUT2D eigenvalue weighted by molar-refractivity contribution is 0.0955. The third kappa shape index (κ3) is 4.51. The van der Waals surface area contributed by atoms with Crippen molar-refractivity contribution in [2.75, 3.05) is 0 Å². The van der Waals surface area contributed by atoms with E-state index in [1.807, 2.05) is 60.7 Å². The SMILES string of the molecule is Cc1ccc(-c2ccccc2)n1-c1ccc(C(=O)N/N=C\c2cc(C)n(-c3ccccc3)c2C)cc1. The predicted molar refractivity (Wildman–Crippen MR) is 146 cm³/mol. The molecule has 0 radical (unpaired) electrons. The maximum Gasteiger partial charge on any atom is 0.271 e. The molecule has 2 heterocycles. The summed E-state index contributed by atoms with van der Waals surface area (Å²) in [7, 11) is 0. The number of nitrogens with zero attached hydrogens (tertiary/aromatic N) is 3. The zero-order chi connectivity index (χ0) is 25.1. The van der Waals surface area contributed by atoms with E-state index in [4.69, 9.17) is 0 Å². The number of aryl methyl sites for hydroxylation is 2. The molecule has 0 saturated heterocycles. The zero-order valence-corrected chi connectivity index (χ0v) is 20.6. The Labute approximate surface area is 211 Å². The Morgan fingerprint density at radius 2 is 1.36 bits per heavy atom. The quantitative estimate of drug-likeness (QED) is 0.219. The Kier molecular flexibility index (Phi) is 6.37. The molecule has 0 aliphatic heterocycles. The second-order valence-corrected chi connectivity index (χ2v) is 8.80. The smallest absolute Gasteiger partial charge is 0.271 e. The Bertz CT molecular complexity index is 1530. The second-order valence-electron chi connectivity index (χ2n) is 8.80. The molecule has 0 aliphatic rings. The van der Waals surface area contributed by atoms with Gasteiger partial charge in [-0.25, -0.2) is 5.43 Å². The van der Waals surface area contributed by atoms with Gasteiger partial charge in [0.1, 0.15) is 0 Å². The Morgan fingerprint density at radius 3 is 2.06 bits per heavy atom. The van der Waals surface area contributed by atoms with E-state index in [1.54, 1.807) is 6.21 Å². The standard InChI is InChI=1S/C31H28N4O/c1-22-14-19-30(25-10-6-4-7-11-25)35(22)29-17-15-26(16-18-29)31(36)33-32-21-27-20-23(2)34(24(27)3)28-12-8-5-9-13-28/h4-21H,1-3H3,(H,33,36)/b32-21-. The normalized spacial score (nSPS) is 11.2. The van der Waals surface area contributed by atoms with Crippen LogP contribution < -0.4 is 5.43 Å². The largest absolute Gasteiger partial charge is 0.318 e. The fourth-order valence-electron chi connectivity index (χ4n) is 4.60. The molecule has 0 spiro atoms. The van der Waals surface area contributed by atoms with Gasteiger partial charge in [0.15, 0.2) is 0 Å². The molecular weight excluding hydrogens is 444 g/mol. The zero-order valence-electron chi connectivity index (χ0n) is 20.6. The van der Waals surface area contributed by atoms with Crippen LogP contribution in [0.3, 0.4) is 0 Å². The highest BCUT2D eigenvalue weighted by molar-refractivity contribution is 5.95. The van der Waals surface area contributed by atoms with Crippen LogP contribution in [0.15, 0.2) is 108 Å². The van der Waals surface area contributed by atoms with Crippen LogP contribution in [0.5, 0.6) is 0 Å².